The zero-order valence-corrected chi connectivity index (χ0v) is 12.2. The van der Waals surface area contributed by atoms with Gasteiger partial charge < -0.3 is 14.6 Å². The fourth-order valence-electron chi connectivity index (χ4n) is 2.54. The minimum absolute atomic E-state index is 0.0295. The molecule has 3 rings (SSSR count). The second-order valence-electron chi connectivity index (χ2n) is 5.37. The van der Waals surface area contributed by atoms with Crippen LogP contribution in [0.2, 0.25) is 0 Å². The molecule has 0 spiro atoms. The highest BCUT2D eigenvalue weighted by atomic mass is 19.1. The van der Waals surface area contributed by atoms with Crippen LogP contribution < -0.4 is 5.32 Å². The number of rotatable bonds is 4. The van der Waals surface area contributed by atoms with Gasteiger partial charge in [-0.3, -0.25) is 4.79 Å². The summed E-state index contributed by atoms with van der Waals surface area (Å²) in [5.74, 6) is -0.541. The Hall–Kier alpha value is -2.21. The number of amides is 1. The van der Waals surface area contributed by atoms with Crippen molar-refractivity contribution in [1.29, 1.82) is 0 Å². The number of benzene rings is 1. The largest absolute Gasteiger partial charge is 0.376 e. The highest BCUT2D eigenvalue weighted by molar-refractivity contribution is 5.93. The molecule has 0 bridgehead atoms. The highest BCUT2D eigenvalue weighted by Crippen LogP contribution is 2.23. The van der Waals surface area contributed by atoms with E-state index < -0.39 is 5.82 Å². The molecule has 1 fully saturated rings. The topological polar surface area (TPSA) is 64.4 Å². The molecule has 1 aromatic heterocycles. The third-order valence-corrected chi connectivity index (χ3v) is 3.76. The molecule has 1 amide bonds. The number of carbonyl (C=O) groups excluding carboxylic acids is 1. The summed E-state index contributed by atoms with van der Waals surface area (Å²) in [6.07, 6.45) is 1.97. The first-order valence-corrected chi connectivity index (χ1v) is 7.29. The third-order valence-electron chi connectivity index (χ3n) is 3.76. The summed E-state index contributed by atoms with van der Waals surface area (Å²) in [5.41, 5.74) is 0.407. The molecule has 0 aliphatic carbocycles. The van der Waals surface area contributed by atoms with Crippen LogP contribution in [0.5, 0.6) is 0 Å². The van der Waals surface area contributed by atoms with E-state index in [1.807, 2.05) is 6.92 Å². The molecule has 5 nitrogen and oxygen atoms in total. The summed E-state index contributed by atoms with van der Waals surface area (Å²) in [6, 6.07) is 7.52. The Bertz CT molecular complexity index is 665. The molecule has 6 heteroatoms. The second-order valence-corrected chi connectivity index (χ2v) is 5.37. The minimum Gasteiger partial charge on any atom is -0.376 e. The lowest BCUT2D eigenvalue weighted by Gasteiger charge is -2.19. The summed E-state index contributed by atoms with van der Waals surface area (Å²) in [6.45, 7) is 2.62. The van der Waals surface area contributed by atoms with Crippen molar-refractivity contribution in [3.63, 3.8) is 0 Å². The van der Waals surface area contributed by atoms with Crippen LogP contribution in [0.1, 0.15) is 30.3 Å². The predicted molar refractivity (Wildman–Crippen MR) is 77.8 cm³/mol. The molecular weight excluding hydrogens is 287 g/mol. The van der Waals surface area contributed by atoms with Crippen molar-refractivity contribution >= 4 is 5.91 Å². The Balaban J connectivity index is 1.70. The Morgan fingerprint density at radius 1 is 1.45 bits per heavy atom. The molecule has 1 N–H and O–H groups in total. The summed E-state index contributed by atoms with van der Waals surface area (Å²) in [5, 5.41) is 6.56. The molecule has 0 saturated carbocycles. The molecule has 2 unspecified atom stereocenters. The maximum Gasteiger partial charge on any atom is 0.273 e. The first kappa shape index (κ1) is 14.7. The number of hydrogen-bond donors (Lipinski definition) is 1. The van der Waals surface area contributed by atoms with Gasteiger partial charge in [-0.2, -0.15) is 0 Å². The Labute approximate surface area is 127 Å². The van der Waals surface area contributed by atoms with Crippen LogP contribution in [0, 0.1) is 5.82 Å². The van der Waals surface area contributed by atoms with E-state index in [1.165, 1.54) is 12.1 Å². The number of halogens is 1. The minimum atomic E-state index is -0.418. The molecule has 1 saturated heterocycles. The van der Waals surface area contributed by atoms with Crippen molar-refractivity contribution < 1.29 is 18.4 Å². The van der Waals surface area contributed by atoms with E-state index in [2.05, 4.69) is 10.5 Å². The third kappa shape index (κ3) is 3.01. The molecule has 2 heterocycles. The fraction of sp³-hybridized carbons (Fsp3) is 0.375. The van der Waals surface area contributed by atoms with Gasteiger partial charge in [-0.25, -0.2) is 4.39 Å². The molecular formula is C16H17FN2O3. The van der Waals surface area contributed by atoms with E-state index in [0.29, 0.717) is 0 Å². The lowest BCUT2D eigenvalue weighted by atomic mass is 10.1. The van der Waals surface area contributed by atoms with Gasteiger partial charge in [0.15, 0.2) is 11.5 Å². The SMILES string of the molecule is CC(NC(=O)c1cc(-c2ccccc2F)on1)C1CCCO1. The maximum absolute atomic E-state index is 13.7. The monoisotopic (exact) mass is 304 g/mol. The van der Waals surface area contributed by atoms with E-state index in [-0.39, 0.29) is 35.1 Å². The molecule has 1 aromatic carbocycles. The number of nitrogens with zero attached hydrogens (tertiary/aromatic N) is 1. The zero-order valence-electron chi connectivity index (χ0n) is 12.2. The van der Waals surface area contributed by atoms with Crippen molar-refractivity contribution in [3.8, 4) is 11.3 Å². The Morgan fingerprint density at radius 2 is 2.27 bits per heavy atom. The fourth-order valence-corrected chi connectivity index (χ4v) is 2.54. The molecule has 22 heavy (non-hydrogen) atoms. The van der Waals surface area contributed by atoms with Gasteiger partial charge in [-0.1, -0.05) is 17.3 Å². The second kappa shape index (κ2) is 6.27. The zero-order chi connectivity index (χ0) is 15.5. The van der Waals surface area contributed by atoms with Crippen molar-refractivity contribution in [3.05, 3.63) is 41.8 Å². The lowest BCUT2D eigenvalue weighted by Crippen LogP contribution is -2.40. The Kier molecular flexibility index (Phi) is 4.20. The van der Waals surface area contributed by atoms with Crippen LogP contribution in [0.15, 0.2) is 34.9 Å². The van der Waals surface area contributed by atoms with Gasteiger partial charge >= 0.3 is 0 Å². The van der Waals surface area contributed by atoms with Crippen molar-refractivity contribution in [2.75, 3.05) is 6.61 Å². The average molecular weight is 304 g/mol. The molecule has 2 atom stereocenters. The summed E-state index contributed by atoms with van der Waals surface area (Å²) in [7, 11) is 0. The summed E-state index contributed by atoms with van der Waals surface area (Å²) >= 11 is 0. The number of carbonyl (C=O) groups is 1. The van der Waals surface area contributed by atoms with Crippen LogP contribution in [0.3, 0.4) is 0 Å². The van der Waals surface area contributed by atoms with Crippen LogP contribution in [0.25, 0.3) is 11.3 Å². The van der Waals surface area contributed by atoms with Gasteiger partial charge in [0, 0.05) is 12.7 Å². The first-order valence-electron chi connectivity index (χ1n) is 7.29. The van der Waals surface area contributed by atoms with Gasteiger partial charge in [-0.05, 0) is 31.9 Å². The average Bonchev–Trinajstić information content (AvgIpc) is 3.19. The molecule has 1 aliphatic heterocycles. The quantitative estimate of drug-likeness (QED) is 0.943. The summed E-state index contributed by atoms with van der Waals surface area (Å²) in [4.78, 5) is 12.2. The van der Waals surface area contributed by atoms with Gasteiger partial charge in [0.1, 0.15) is 5.82 Å². The number of nitrogens with one attached hydrogen (secondary N) is 1. The number of ether oxygens (including phenoxy) is 1. The summed E-state index contributed by atoms with van der Waals surface area (Å²) < 4.78 is 24.3. The van der Waals surface area contributed by atoms with Gasteiger partial charge in [0.2, 0.25) is 0 Å². The van der Waals surface area contributed by atoms with E-state index >= 15 is 0 Å². The Morgan fingerprint density at radius 3 is 3.00 bits per heavy atom. The van der Waals surface area contributed by atoms with Crippen LogP contribution in [-0.4, -0.2) is 29.8 Å². The van der Waals surface area contributed by atoms with Crippen molar-refractivity contribution in [2.45, 2.75) is 31.9 Å². The van der Waals surface area contributed by atoms with E-state index in [4.69, 9.17) is 9.26 Å². The number of aromatic nitrogens is 1. The van der Waals surface area contributed by atoms with Gasteiger partial charge in [-0.15, -0.1) is 0 Å². The molecule has 116 valence electrons. The van der Waals surface area contributed by atoms with Crippen LogP contribution in [-0.2, 0) is 4.74 Å². The van der Waals surface area contributed by atoms with Crippen LogP contribution in [0.4, 0.5) is 4.39 Å². The molecule has 2 aromatic rings. The predicted octanol–water partition coefficient (Wildman–Crippen LogP) is 2.78. The molecule has 1 aliphatic rings. The van der Waals surface area contributed by atoms with E-state index in [9.17, 15) is 9.18 Å². The van der Waals surface area contributed by atoms with Crippen LogP contribution >= 0.6 is 0 Å². The van der Waals surface area contributed by atoms with E-state index in [1.54, 1.807) is 18.2 Å². The standard InChI is InChI=1S/C16H17FN2O3/c1-10(14-7-4-8-21-14)18-16(20)13-9-15(22-19-13)11-5-2-3-6-12(11)17/h2-3,5-6,9-10,14H,4,7-8H2,1H3,(H,18,20). The number of hydrogen-bond acceptors (Lipinski definition) is 4. The first-order chi connectivity index (χ1) is 10.6. The lowest BCUT2D eigenvalue weighted by molar-refractivity contribution is 0.0707. The van der Waals surface area contributed by atoms with E-state index in [0.717, 1.165) is 19.4 Å². The molecule has 0 radical (unpaired) electrons. The van der Waals surface area contributed by atoms with Gasteiger partial charge in [0.25, 0.3) is 5.91 Å². The van der Waals surface area contributed by atoms with Crippen molar-refractivity contribution in [2.24, 2.45) is 0 Å². The maximum atomic E-state index is 13.7. The normalized spacial score (nSPS) is 19.1. The smallest absolute Gasteiger partial charge is 0.273 e. The van der Waals surface area contributed by atoms with Gasteiger partial charge in [0.05, 0.1) is 17.7 Å². The van der Waals surface area contributed by atoms with Crippen molar-refractivity contribution in [1.82, 2.24) is 10.5 Å². The highest BCUT2D eigenvalue weighted by Gasteiger charge is 2.25.